The molecular weight excluding hydrogens is 355 g/mol. The highest BCUT2D eigenvalue weighted by Gasteiger charge is 2.54. The van der Waals surface area contributed by atoms with Crippen LogP contribution in [0.2, 0.25) is 0 Å². The fourth-order valence-corrected chi connectivity index (χ4v) is 4.85. The number of fused-ring (bicyclic) bond motifs is 1. The normalized spacial score (nSPS) is 32.4. The van der Waals surface area contributed by atoms with E-state index in [4.69, 9.17) is 9.31 Å². The van der Waals surface area contributed by atoms with Crippen molar-refractivity contribution in [3.05, 3.63) is 0 Å². The minimum atomic E-state index is -0.564. The van der Waals surface area contributed by atoms with Gasteiger partial charge < -0.3 is 19.9 Å². The number of hydrogen-bond acceptors (Lipinski definition) is 4. The number of rotatable bonds is 7. The first kappa shape index (κ1) is 21.6. The standard InChI is InChI=1S/C21H37BN2O4/c1-13(2)17-9-10-21(5)18(12-17)27-22(28-21)19(11-16-7-6-8-16)24-20(26)14(3)23-15(4)25/h13-14,16-19H,6-12H2,1-5H3,(H,23,25)(H,24,26). The van der Waals surface area contributed by atoms with Gasteiger partial charge in [-0.05, 0) is 57.3 Å². The van der Waals surface area contributed by atoms with Crippen molar-refractivity contribution in [3.63, 3.8) is 0 Å². The molecular formula is C21H37BN2O4. The second-order valence-electron chi connectivity index (χ2n) is 9.77. The lowest BCUT2D eigenvalue weighted by atomic mass is 9.69. The Morgan fingerprint density at radius 2 is 1.89 bits per heavy atom. The number of hydrogen-bond donors (Lipinski definition) is 2. The molecule has 3 aliphatic rings. The molecule has 28 heavy (non-hydrogen) atoms. The van der Waals surface area contributed by atoms with Crippen LogP contribution in [-0.2, 0) is 18.9 Å². The van der Waals surface area contributed by atoms with Crippen LogP contribution >= 0.6 is 0 Å². The van der Waals surface area contributed by atoms with E-state index in [1.54, 1.807) is 6.92 Å². The van der Waals surface area contributed by atoms with Crippen molar-refractivity contribution >= 4 is 18.9 Å². The average Bonchev–Trinajstić information content (AvgIpc) is 2.92. The molecule has 0 aromatic carbocycles. The molecule has 2 saturated carbocycles. The summed E-state index contributed by atoms with van der Waals surface area (Å²) in [6, 6.07) is -0.564. The van der Waals surface area contributed by atoms with E-state index in [0.29, 0.717) is 17.8 Å². The predicted octanol–water partition coefficient (Wildman–Crippen LogP) is 2.84. The van der Waals surface area contributed by atoms with Crippen LogP contribution in [0.5, 0.6) is 0 Å². The molecule has 1 heterocycles. The van der Waals surface area contributed by atoms with E-state index in [0.717, 1.165) is 19.3 Å². The minimum absolute atomic E-state index is 0.0900. The third-order valence-electron chi connectivity index (χ3n) is 7.12. The van der Waals surface area contributed by atoms with E-state index in [1.807, 2.05) is 0 Å². The third-order valence-corrected chi connectivity index (χ3v) is 7.12. The molecule has 0 spiro atoms. The first-order valence-electron chi connectivity index (χ1n) is 11.1. The Bertz CT molecular complexity index is 583. The lowest BCUT2D eigenvalue weighted by Gasteiger charge is -2.40. The largest absolute Gasteiger partial charge is 0.481 e. The van der Waals surface area contributed by atoms with Crippen LogP contribution in [0.4, 0.5) is 0 Å². The van der Waals surface area contributed by atoms with Gasteiger partial charge in [0.15, 0.2) is 0 Å². The molecule has 3 rings (SSSR count). The van der Waals surface area contributed by atoms with E-state index < -0.39 is 13.2 Å². The lowest BCUT2D eigenvalue weighted by molar-refractivity contribution is -0.128. The third kappa shape index (κ3) is 4.91. The molecule has 2 amide bonds. The molecule has 0 bridgehead atoms. The molecule has 5 atom stereocenters. The van der Waals surface area contributed by atoms with Gasteiger partial charge >= 0.3 is 7.12 Å². The van der Waals surface area contributed by atoms with Crippen LogP contribution in [-0.4, -0.2) is 42.6 Å². The Hall–Kier alpha value is -1.08. The molecule has 5 unspecified atom stereocenters. The molecule has 7 heteroatoms. The molecule has 6 nitrogen and oxygen atoms in total. The van der Waals surface area contributed by atoms with Gasteiger partial charge in [0.2, 0.25) is 11.8 Å². The average molecular weight is 392 g/mol. The Balaban J connectivity index is 1.66. The quantitative estimate of drug-likeness (QED) is 0.654. The summed E-state index contributed by atoms with van der Waals surface area (Å²) in [7, 11) is -0.407. The van der Waals surface area contributed by atoms with E-state index in [9.17, 15) is 9.59 Å². The summed E-state index contributed by atoms with van der Waals surface area (Å²) >= 11 is 0. The van der Waals surface area contributed by atoms with Crippen molar-refractivity contribution in [1.82, 2.24) is 10.6 Å². The maximum Gasteiger partial charge on any atom is 0.481 e. The van der Waals surface area contributed by atoms with Crippen LogP contribution in [0, 0.1) is 17.8 Å². The molecule has 0 radical (unpaired) electrons. The zero-order valence-electron chi connectivity index (χ0n) is 18.1. The summed E-state index contributed by atoms with van der Waals surface area (Å²) in [6.45, 7) is 9.86. The van der Waals surface area contributed by atoms with Crippen LogP contribution in [0.15, 0.2) is 0 Å². The molecule has 0 aromatic rings. The molecule has 1 saturated heterocycles. The highest BCUT2D eigenvalue weighted by Crippen LogP contribution is 2.45. The Morgan fingerprint density at radius 1 is 1.18 bits per heavy atom. The highest BCUT2D eigenvalue weighted by atomic mass is 16.7. The monoisotopic (exact) mass is 392 g/mol. The van der Waals surface area contributed by atoms with Crippen LogP contribution in [0.25, 0.3) is 0 Å². The number of amides is 2. The van der Waals surface area contributed by atoms with Gasteiger partial charge in [-0.1, -0.05) is 33.1 Å². The van der Waals surface area contributed by atoms with E-state index >= 15 is 0 Å². The van der Waals surface area contributed by atoms with Crippen molar-refractivity contribution < 1.29 is 18.9 Å². The number of carbonyl (C=O) groups excluding carboxylic acids is 2. The fraction of sp³-hybridized carbons (Fsp3) is 0.905. The van der Waals surface area contributed by atoms with Gasteiger partial charge in [-0.2, -0.15) is 0 Å². The summed E-state index contributed by atoms with van der Waals surface area (Å²) in [6.07, 6.45) is 7.83. The first-order valence-corrected chi connectivity index (χ1v) is 11.1. The van der Waals surface area contributed by atoms with Gasteiger partial charge in [0.05, 0.1) is 17.6 Å². The predicted molar refractivity (Wildman–Crippen MR) is 109 cm³/mol. The summed E-state index contributed by atoms with van der Waals surface area (Å²) in [5, 5.41) is 5.78. The van der Waals surface area contributed by atoms with E-state index in [2.05, 4.69) is 31.4 Å². The molecule has 3 fully saturated rings. The van der Waals surface area contributed by atoms with Crippen molar-refractivity contribution in [1.29, 1.82) is 0 Å². The van der Waals surface area contributed by atoms with Crippen LogP contribution < -0.4 is 10.6 Å². The second kappa shape index (κ2) is 8.74. The van der Waals surface area contributed by atoms with Gasteiger partial charge in [-0.25, -0.2) is 0 Å². The Kier molecular flexibility index (Phi) is 6.75. The van der Waals surface area contributed by atoms with Crippen LogP contribution in [0.1, 0.15) is 79.6 Å². The second-order valence-corrected chi connectivity index (χ2v) is 9.77. The molecule has 0 aromatic heterocycles. The van der Waals surface area contributed by atoms with Crippen molar-refractivity contribution in [2.45, 2.75) is 103 Å². The minimum Gasteiger partial charge on any atom is -0.404 e. The highest BCUT2D eigenvalue weighted by molar-refractivity contribution is 6.47. The van der Waals surface area contributed by atoms with E-state index in [1.165, 1.54) is 32.6 Å². The molecule has 2 N–H and O–H groups in total. The van der Waals surface area contributed by atoms with E-state index in [-0.39, 0.29) is 29.5 Å². The lowest BCUT2D eigenvalue weighted by Crippen LogP contribution is -2.54. The zero-order chi connectivity index (χ0) is 20.5. The summed E-state index contributed by atoms with van der Waals surface area (Å²) in [4.78, 5) is 23.9. The molecule has 2 aliphatic carbocycles. The maximum absolute atomic E-state index is 12.6. The Morgan fingerprint density at radius 3 is 2.46 bits per heavy atom. The summed E-state index contributed by atoms with van der Waals surface area (Å²) < 4.78 is 12.9. The van der Waals surface area contributed by atoms with Gasteiger partial charge in [-0.15, -0.1) is 0 Å². The van der Waals surface area contributed by atoms with Gasteiger partial charge in [0.25, 0.3) is 0 Å². The summed E-state index contributed by atoms with van der Waals surface area (Å²) in [5.41, 5.74) is -0.262. The van der Waals surface area contributed by atoms with Gasteiger partial charge in [0.1, 0.15) is 6.04 Å². The van der Waals surface area contributed by atoms with Crippen molar-refractivity contribution in [2.75, 3.05) is 0 Å². The Labute approximate surface area is 170 Å². The topological polar surface area (TPSA) is 76.7 Å². The maximum atomic E-state index is 12.6. The number of carbonyl (C=O) groups is 2. The SMILES string of the molecule is CC(=O)NC(C)C(=O)NC(CC1CCC1)B1OC2CC(C(C)C)CCC2(C)O1. The smallest absolute Gasteiger partial charge is 0.404 e. The zero-order valence-corrected chi connectivity index (χ0v) is 18.1. The summed E-state index contributed by atoms with van der Waals surface area (Å²) in [5.74, 6) is 1.38. The van der Waals surface area contributed by atoms with Gasteiger partial charge in [-0.3, -0.25) is 9.59 Å². The van der Waals surface area contributed by atoms with Crippen LogP contribution in [0.3, 0.4) is 0 Å². The first-order chi connectivity index (χ1) is 13.2. The number of nitrogens with one attached hydrogen (secondary N) is 2. The van der Waals surface area contributed by atoms with Crippen molar-refractivity contribution in [3.8, 4) is 0 Å². The molecule has 1 aliphatic heterocycles. The van der Waals surface area contributed by atoms with Gasteiger partial charge in [0, 0.05) is 6.92 Å². The molecule has 158 valence electrons. The fourth-order valence-electron chi connectivity index (χ4n) is 4.85. The van der Waals surface area contributed by atoms with Crippen molar-refractivity contribution in [2.24, 2.45) is 17.8 Å².